The Hall–Kier alpha value is -4.45. The largest absolute Gasteiger partial charge is 0.493 e. The van der Waals surface area contributed by atoms with Gasteiger partial charge in [0.25, 0.3) is 17.5 Å². The molecule has 12 nitrogen and oxygen atoms in total. The lowest BCUT2D eigenvalue weighted by atomic mass is 10.1. The normalized spacial score (nSPS) is 10.5. The van der Waals surface area contributed by atoms with E-state index in [0.717, 1.165) is 6.07 Å². The zero-order chi connectivity index (χ0) is 24.0. The fourth-order valence-corrected chi connectivity index (χ4v) is 2.88. The number of aromatic nitrogens is 2. The molecule has 0 saturated carbocycles. The molecule has 3 aromatic rings. The van der Waals surface area contributed by atoms with Crippen molar-refractivity contribution in [3.05, 3.63) is 70.0 Å². The van der Waals surface area contributed by atoms with Crippen molar-refractivity contribution in [1.29, 1.82) is 0 Å². The summed E-state index contributed by atoms with van der Waals surface area (Å²) in [5.74, 6) is -1.06. The summed E-state index contributed by atoms with van der Waals surface area (Å²) in [6, 6.07) is 10.3. The first kappa shape index (κ1) is 23.2. The van der Waals surface area contributed by atoms with Gasteiger partial charge < -0.3 is 25.3 Å². The van der Waals surface area contributed by atoms with E-state index in [-0.39, 0.29) is 36.0 Å². The number of carbonyl (C=O) groups excluding carboxylic acids is 2. The summed E-state index contributed by atoms with van der Waals surface area (Å²) in [6.45, 7) is 0.427. The summed E-state index contributed by atoms with van der Waals surface area (Å²) in [5, 5.41) is 18.2. The van der Waals surface area contributed by atoms with Crippen LogP contribution >= 0.6 is 0 Å². The fraction of sp³-hybridized carbons (Fsp3) is 0.190. The lowest BCUT2D eigenvalue weighted by molar-refractivity contribution is -0.385. The zero-order valence-corrected chi connectivity index (χ0v) is 17.8. The highest BCUT2D eigenvalue weighted by atomic mass is 16.6. The highest BCUT2D eigenvalue weighted by molar-refractivity contribution is 6.07. The van der Waals surface area contributed by atoms with Gasteiger partial charge >= 0.3 is 0 Å². The van der Waals surface area contributed by atoms with E-state index in [9.17, 15) is 19.7 Å². The van der Waals surface area contributed by atoms with Crippen molar-refractivity contribution in [3.8, 4) is 17.2 Å². The molecule has 0 atom stereocenters. The van der Waals surface area contributed by atoms with Crippen molar-refractivity contribution < 1.29 is 28.7 Å². The molecule has 172 valence electrons. The Labute approximate surface area is 188 Å². The standard InChI is InChI=1S/C21H21N5O7/c1-31-9-10-33-19-12-17(26(29)30)15(11-18(19)32-2)21(28)23-13-3-5-14(6-4-13)25-8-7-16(24-25)20(22)27/h3-8,11-12H,9-10H2,1-2H3,(H2,22,27)(H,23,28). The highest BCUT2D eigenvalue weighted by Gasteiger charge is 2.25. The Kier molecular flexibility index (Phi) is 7.20. The molecule has 0 aliphatic rings. The van der Waals surface area contributed by atoms with Crippen LogP contribution in [0, 0.1) is 10.1 Å². The molecule has 33 heavy (non-hydrogen) atoms. The molecule has 0 fully saturated rings. The van der Waals surface area contributed by atoms with Gasteiger partial charge in [0.15, 0.2) is 11.5 Å². The van der Waals surface area contributed by atoms with Gasteiger partial charge in [-0.15, -0.1) is 0 Å². The zero-order valence-electron chi connectivity index (χ0n) is 17.8. The summed E-state index contributed by atoms with van der Waals surface area (Å²) in [5.41, 5.74) is 5.69. The maximum atomic E-state index is 12.8. The van der Waals surface area contributed by atoms with Crippen LogP contribution in [-0.2, 0) is 4.74 Å². The lowest BCUT2D eigenvalue weighted by Crippen LogP contribution is -2.15. The summed E-state index contributed by atoms with van der Waals surface area (Å²) in [7, 11) is 2.86. The van der Waals surface area contributed by atoms with Crippen LogP contribution < -0.4 is 20.5 Å². The molecule has 2 aromatic carbocycles. The summed E-state index contributed by atoms with van der Waals surface area (Å²) in [6.07, 6.45) is 1.57. The van der Waals surface area contributed by atoms with Crippen LogP contribution in [-0.4, -0.2) is 54.0 Å². The van der Waals surface area contributed by atoms with E-state index in [4.69, 9.17) is 19.9 Å². The van der Waals surface area contributed by atoms with Gasteiger partial charge in [0.1, 0.15) is 17.9 Å². The molecule has 0 aliphatic heterocycles. The van der Waals surface area contributed by atoms with Gasteiger partial charge in [-0.2, -0.15) is 5.10 Å². The number of hydrogen-bond acceptors (Lipinski definition) is 8. The van der Waals surface area contributed by atoms with E-state index in [1.165, 1.54) is 31.0 Å². The molecule has 12 heteroatoms. The number of ether oxygens (including phenoxy) is 3. The average Bonchev–Trinajstić information content (AvgIpc) is 3.30. The lowest BCUT2D eigenvalue weighted by Gasteiger charge is -2.13. The molecule has 0 spiro atoms. The Balaban J connectivity index is 1.82. The molecule has 0 radical (unpaired) electrons. The molecule has 0 bridgehead atoms. The number of carbonyl (C=O) groups is 2. The molecule has 0 saturated heterocycles. The first-order valence-corrected chi connectivity index (χ1v) is 9.59. The van der Waals surface area contributed by atoms with Gasteiger partial charge in [0, 0.05) is 25.1 Å². The van der Waals surface area contributed by atoms with Gasteiger partial charge in [0.2, 0.25) is 0 Å². The van der Waals surface area contributed by atoms with E-state index in [1.54, 1.807) is 30.5 Å². The number of nitrogens with two attached hydrogens (primary N) is 1. The van der Waals surface area contributed by atoms with Gasteiger partial charge in [-0.1, -0.05) is 0 Å². The maximum absolute atomic E-state index is 12.8. The molecule has 2 amide bonds. The molecule has 1 aromatic heterocycles. The second-order valence-corrected chi connectivity index (χ2v) is 6.63. The van der Waals surface area contributed by atoms with Crippen LogP contribution in [0.1, 0.15) is 20.8 Å². The van der Waals surface area contributed by atoms with Crippen molar-refractivity contribution in [2.75, 3.05) is 32.8 Å². The quantitative estimate of drug-likeness (QED) is 0.267. The molecule has 3 N–H and O–H groups in total. The molecule has 0 aliphatic carbocycles. The van der Waals surface area contributed by atoms with E-state index in [2.05, 4.69) is 10.4 Å². The second-order valence-electron chi connectivity index (χ2n) is 6.63. The summed E-state index contributed by atoms with van der Waals surface area (Å²) >= 11 is 0. The minimum Gasteiger partial charge on any atom is -0.493 e. The van der Waals surface area contributed by atoms with Gasteiger partial charge in [0.05, 0.1) is 30.4 Å². The topological polar surface area (TPSA) is 161 Å². The number of amides is 2. The Morgan fingerprint density at radius 1 is 1.12 bits per heavy atom. The van der Waals surface area contributed by atoms with Crippen molar-refractivity contribution in [1.82, 2.24) is 9.78 Å². The molecule has 1 heterocycles. The smallest absolute Gasteiger partial charge is 0.286 e. The minimum atomic E-state index is -0.703. The third kappa shape index (κ3) is 5.43. The number of nitrogens with zero attached hydrogens (tertiary/aromatic N) is 3. The third-order valence-corrected chi connectivity index (χ3v) is 4.50. The van der Waals surface area contributed by atoms with Gasteiger partial charge in [-0.25, -0.2) is 4.68 Å². The minimum absolute atomic E-state index is 0.114. The van der Waals surface area contributed by atoms with Crippen molar-refractivity contribution in [3.63, 3.8) is 0 Å². The fourth-order valence-electron chi connectivity index (χ4n) is 2.88. The molecular weight excluding hydrogens is 434 g/mol. The Morgan fingerprint density at radius 2 is 1.85 bits per heavy atom. The van der Waals surface area contributed by atoms with Gasteiger partial charge in [-0.05, 0) is 30.3 Å². The van der Waals surface area contributed by atoms with E-state index >= 15 is 0 Å². The average molecular weight is 455 g/mol. The Morgan fingerprint density at radius 3 is 2.42 bits per heavy atom. The maximum Gasteiger partial charge on any atom is 0.286 e. The molecule has 0 unspecified atom stereocenters. The van der Waals surface area contributed by atoms with E-state index in [0.29, 0.717) is 11.4 Å². The number of hydrogen-bond donors (Lipinski definition) is 2. The van der Waals surface area contributed by atoms with E-state index in [1.807, 2.05) is 0 Å². The molecular formula is C21H21N5O7. The summed E-state index contributed by atoms with van der Waals surface area (Å²) in [4.78, 5) is 34.9. The van der Waals surface area contributed by atoms with Crippen LogP contribution in [0.3, 0.4) is 0 Å². The first-order valence-electron chi connectivity index (χ1n) is 9.59. The number of rotatable bonds is 10. The number of anilines is 1. The SMILES string of the molecule is COCCOc1cc([N+](=O)[O-])c(C(=O)Nc2ccc(-n3ccc(C(N)=O)n3)cc2)cc1OC. The van der Waals surface area contributed by atoms with Crippen LogP contribution in [0.25, 0.3) is 5.69 Å². The predicted molar refractivity (Wildman–Crippen MR) is 117 cm³/mol. The van der Waals surface area contributed by atoms with Crippen LogP contribution in [0.4, 0.5) is 11.4 Å². The molecule has 3 rings (SSSR count). The predicted octanol–water partition coefficient (Wildman–Crippen LogP) is 2.17. The van der Waals surface area contributed by atoms with Crippen molar-refractivity contribution >= 4 is 23.2 Å². The van der Waals surface area contributed by atoms with Crippen molar-refractivity contribution in [2.45, 2.75) is 0 Å². The monoisotopic (exact) mass is 455 g/mol. The first-order chi connectivity index (χ1) is 15.8. The highest BCUT2D eigenvalue weighted by Crippen LogP contribution is 2.35. The number of nitro benzene ring substituents is 1. The van der Waals surface area contributed by atoms with Crippen LogP contribution in [0.5, 0.6) is 11.5 Å². The summed E-state index contributed by atoms with van der Waals surface area (Å²) < 4.78 is 17.0. The van der Waals surface area contributed by atoms with Gasteiger partial charge in [-0.3, -0.25) is 19.7 Å². The van der Waals surface area contributed by atoms with Crippen LogP contribution in [0.15, 0.2) is 48.7 Å². The number of benzene rings is 2. The number of nitrogens with one attached hydrogen (secondary N) is 1. The van der Waals surface area contributed by atoms with Crippen LogP contribution in [0.2, 0.25) is 0 Å². The number of primary amides is 1. The third-order valence-electron chi connectivity index (χ3n) is 4.50. The van der Waals surface area contributed by atoms with Crippen molar-refractivity contribution in [2.24, 2.45) is 5.73 Å². The number of nitro groups is 1. The van der Waals surface area contributed by atoms with E-state index < -0.39 is 22.4 Å². The Bertz CT molecular complexity index is 1170. The second kappa shape index (κ2) is 10.2. The number of methoxy groups -OCH3 is 2.